The Morgan fingerprint density at radius 2 is 1.76 bits per heavy atom. The highest BCUT2D eigenvalue weighted by atomic mass is 79.9. The van der Waals surface area contributed by atoms with Gasteiger partial charge in [0.05, 0.1) is 12.2 Å². The zero-order valence-corrected chi connectivity index (χ0v) is 16.9. The molecule has 2 aromatic carbocycles. The summed E-state index contributed by atoms with van der Waals surface area (Å²) in [5.41, 5.74) is 8.03. The number of benzene rings is 2. The van der Waals surface area contributed by atoms with E-state index >= 15 is 0 Å². The molecular formula is C22H17BrN2O4. The van der Waals surface area contributed by atoms with Crippen molar-refractivity contribution in [3.63, 3.8) is 0 Å². The number of ether oxygens (including phenoxy) is 2. The van der Waals surface area contributed by atoms with Crippen molar-refractivity contribution in [3.8, 4) is 11.5 Å². The molecule has 1 atom stereocenters. The normalized spacial score (nSPS) is 13.9. The van der Waals surface area contributed by atoms with E-state index < -0.39 is 12.0 Å². The van der Waals surface area contributed by atoms with Crippen LogP contribution in [0.4, 0.5) is 0 Å². The van der Waals surface area contributed by atoms with E-state index in [2.05, 4.69) is 20.9 Å². The lowest BCUT2D eigenvalue weighted by Gasteiger charge is -2.24. The fourth-order valence-corrected chi connectivity index (χ4v) is 3.74. The van der Waals surface area contributed by atoms with Crippen LogP contribution in [0.1, 0.15) is 44.4 Å². The highest BCUT2D eigenvalue weighted by Gasteiger charge is 2.25. The second-order valence-corrected chi connectivity index (χ2v) is 7.33. The van der Waals surface area contributed by atoms with Crippen LogP contribution >= 0.6 is 15.9 Å². The number of primary amides is 1. The first kappa shape index (κ1) is 19.1. The number of Topliss-reactive ketones (excluding diaryl/α,β-unsaturated/α-hetero) is 1. The van der Waals surface area contributed by atoms with Gasteiger partial charge in [-0.25, -0.2) is 0 Å². The SMILES string of the molecule is NC(=O)c1ccc([C@@H](Oc2ccc3c(c2Br)OCCC3=O)c2ccncc2)cc1. The Morgan fingerprint density at radius 1 is 1.07 bits per heavy atom. The number of carbonyl (C=O) groups is 2. The number of fused-ring (bicyclic) bond motifs is 1. The van der Waals surface area contributed by atoms with Crippen LogP contribution in [0.15, 0.2) is 65.4 Å². The number of nitrogens with two attached hydrogens (primary N) is 1. The molecule has 7 heteroatoms. The number of pyridine rings is 1. The van der Waals surface area contributed by atoms with Crippen LogP contribution < -0.4 is 15.2 Å². The Hall–Kier alpha value is -3.19. The van der Waals surface area contributed by atoms with E-state index in [1.54, 1.807) is 48.8 Å². The van der Waals surface area contributed by atoms with E-state index in [0.29, 0.717) is 40.1 Å². The molecule has 0 fully saturated rings. The smallest absolute Gasteiger partial charge is 0.248 e. The minimum absolute atomic E-state index is 0.0474. The number of aromatic nitrogens is 1. The predicted molar refractivity (Wildman–Crippen MR) is 110 cm³/mol. The van der Waals surface area contributed by atoms with Crippen molar-refractivity contribution in [1.29, 1.82) is 0 Å². The van der Waals surface area contributed by atoms with Crippen LogP contribution in [0.3, 0.4) is 0 Å². The summed E-state index contributed by atoms with van der Waals surface area (Å²) >= 11 is 3.52. The number of amides is 1. The standard InChI is InChI=1S/C22H17BrN2O4/c23-19-18(6-5-16-17(26)9-12-28-21(16)19)29-20(14-7-10-25-11-8-14)13-1-3-15(4-2-13)22(24)27/h1-8,10-11,20H,9,12H2,(H2,24,27)/t20-/m1/s1. The highest BCUT2D eigenvalue weighted by Crippen LogP contribution is 2.42. The van der Waals surface area contributed by atoms with Crippen LogP contribution in [-0.4, -0.2) is 23.3 Å². The van der Waals surface area contributed by atoms with Gasteiger partial charge in [-0.1, -0.05) is 12.1 Å². The molecule has 3 aromatic rings. The third-order valence-corrected chi connectivity index (χ3v) is 5.44. The summed E-state index contributed by atoms with van der Waals surface area (Å²) in [7, 11) is 0. The number of hydrogen-bond acceptors (Lipinski definition) is 5. The number of halogens is 1. The Kier molecular flexibility index (Phi) is 5.31. The summed E-state index contributed by atoms with van der Waals surface area (Å²) in [6, 6.07) is 14.1. The molecule has 0 bridgehead atoms. The fourth-order valence-electron chi connectivity index (χ4n) is 3.19. The largest absolute Gasteiger partial charge is 0.491 e. The molecule has 0 aliphatic carbocycles. The van der Waals surface area contributed by atoms with E-state index in [1.165, 1.54) is 0 Å². The number of ketones is 1. The summed E-state index contributed by atoms with van der Waals surface area (Å²) in [4.78, 5) is 27.6. The maximum Gasteiger partial charge on any atom is 0.248 e. The molecule has 1 amide bonds. The van der Waals surface area contributed by atoms with Crippen LogP contribution in [0.25, 0.3) is 0 Å². The van der Waals surface area contributed by atoms with Gasteiger partial charge in [-0.05, 0) is 63.5 Å². The summed E-state index contributed by atoms with van der Waals surface area (Å²) in [6.45, 7) is 0.344. The molecule has 29 heavy (non-hydrogen) atoms. The average molecular weight is 453 g/mol. The Morgan fingerprint density at radius 3 is 2.45 bits per heavy atom. The molecule has 0 unspecified atom stereocenters. The minimum atomic E-state index is -0.489. The van der Waals surface area contributed by atoms with Crippen molar-refractivity contribution < 1.29 is 19.1 Å². The highest BCUT2D eigenvalue weighted by molar-refractivity contribution is 9.10. The first-order valence-electron chi connectivity index (χ1n) is 8.99. The van der Waals surface area contributed by atoms with Crippen molar-refractivity contribution >= 4 is 27.6 Å². The van der Waals surface area contributed by atoms with Crippen molar-refractivity contribution in [2.24, 2.45) is 5.73 Å². The maximum absolute atomic E-state index is 12.1. The Labute approximate surface area is 175 Å². The molecular weight excluding hydrogens is 436 g/mol. The van der Waals surface area contributed by atoms with Gasteiger partial charge in [-0.3, -0.25) is 14.6 Å². The molecule has 1 aliphatic heterocycles. The monoisotopic (exact) mass is 452 g/mol. The van der Waals surface area contributed by atoms with Crippen molar-refractivity contribution in [2.45, 2.75) is 12.5 Å². The quantitative estimate of drug-likeness (QED) is 0.629. The average Bonchev–Trinajstić information content (AvgIpc) is 2.74. The molecule has 146 valence electrons. The van der Waals surface area contributed by atoms with Gasteiger partial charge in [0.2, 0.25) is 5.91 Å². The van der Waals surface area contributed by atoms with Crippen LogP contribution in [-0.2, 0) is 0 Å². The molecule has 4 rings (SSSR count). The van der Waals surface area contributed by atoms with Crippen molar-refractivity contribution in [2.75, 3.05) is 6.61 Å². The zero-order chi connectivity index (χ0) is 20.4. The zero-order valence-electron chi connectivity index (χ0n) is 15.3. The molecule has 0 spiro atoms. The Balaban J connectivity index is 1.73. The van der Waals surface area contributed by atoms with E-state index in [9.17, 15) is 9.59 Å². The van der Waals surface area contributed by atoms with Gasteiger partial charge < -0.3 is 15.2 Å². The summed E-state index contributed by atoms with van der Waals surface area (Å²) in [5, 5.41) is 0. The van der Waals surface area contributed by atoms with E-state index in [0.717, 1.165) is 11.1 Å². The molecule has 0 saturated heterocycles. The first-order valence-corrected chi connectivity index (χ1v) is 9.78. The van der Waals surface area contributed by atoms with Crippen LogP contribution in [0, 0.1) is 0 Å². The van der Waals surface area contributed by atoms with Gasteiger partial charge in [0.25, 0.3) is 0 Å². The van der Waals surface area contributed by atoms with Gasteiger partial charge in [0.1, 0.15) is 22.1 Å². The number of carbonyl (C=O) groups excluding carboxylic acids is 2. The summed E-state index contributed by atoms with van der Waals surface area (Å²) in [5.74, 6) is 0.596. The lowest BCUT2D eigenvalue weighted by Crippen LogP contribution is -2.17. The van der Waals surface area contributed by atoms with Crippen LogP contribution in [0.5, 0.6) is 11.5 Å². The lowest BCUT2D eigenvalue weighted by molar-refractivity contribution is 0.0931. The number of nitrogens with zero attached hydrogens (tertiary/aromatic N) is 1. The second-order valence-electron chi connectivity index (χ2n) is 6.54. The maximum atomic E-state index is 12.1. The van der Waals surface area contributed by atoms with Crippen molar-refractivity contribution in [3.05, 3.63) is 87.7 Å². The molecule has 2 heterocycles. The molecule has 6 nitrogen and oxygen atoms in total. The number of rotatable bonds is 5. The number of hydrogen-bond donors (Lipinski definition) is 1. The lowest BCUT2D eigenvalue weighted by atomic mass is 10.0. The predicted octanol–water partition coefficient (Wildman–Crippen LogP) is 4.08. The molecule has 1 aliphatic rings. The summed E-state index contributed by atoms with van der Waals surface area (Å²) < 4.78 is 12.6. The Bertz CT molecular complexity index is 1070. The van der Waals surface area contributed by atoms with Gasteiger partial charge in [0, 0.05) is 24.4 Å². The van der Waals surface area contributed by atoms with Gasteiger partial charge in [0.15, 0.2) is 5.78 Å². The second kappa shape index (κ2) is 8.05. The topological polar surface area (TPSA) is 91.5 Å². The molecule has 1 aromatic heterocycles. The molecule has 0 radical (unpaired) electrons. The van der Waals surface area contributed by atoms with E-state index in [4.69, 9.17) is 15.2 Å². The fraction of sp³-hybridized carbons (Fsp3) is 0.136. The van der Waals surface area contributed by atoms with Gasteiger partial charge >= 0.3 is 0 Å². The van der Waals surface area contributed by atoms with Gasteiger partial charge in [-0.15, -0.1) is 0 Å². The van der Waals surface area contributed by atoms with Crippen molar-refractivity contribution in [1.82, 2.24) is 4.98 Å². The van der Waals surface area contributed by atoms with Crippen LogP contribution in [0.2, 0.25) is 0 Å². The molecule has 0 saturated carbocycles. The minimum Gasteiger partial charge on any atom is -0.491 e. The van der Waals surface area contributed by atoms with E-state index in [-0.39, 0.29) is 5.78 Å². The summed E-state index contributed by atoms with van der Waals surface area (Å²) in [6.07, 6.45) is 3.28. The first-order chi connectivity index (χ1) is 14.0. The molecule has 2 N–H and O–H groups in total. The van der Waals surface area contributed by atoms with Gasteiger partial charge in [-0.2, -0.15) is 0 Å². The third-order valence-electron chi connectivity index (χ3n) is 4.69. The van der Waals surface area contributed by atoms with E-state index in [1.807, 2.05) is 12.1 Å². The third kappa shape index (κ3) is 3.86.